The van der Waals surface area contributed by atoms with Crippen molar-refractivity contribution in [2.45, 2.75) is 20.0 Å². The molecule has 7 nitrogen and oxygen atoms in total. The maximum absolute atomic E-state index is 13.1. The number of carbonyl (C=O) groups is 2. The summed E-state index contributed by atoms with van der Waals surface area (Å²) in [6.07, 6.45) is -0.598. The van der Waals surface area contributed by atoms with Crippen LogP contribution in [0.25, 0.3) is 0 Å². The quantitative estimate of drug-likeness (QED) is 0.347. The lowest BCUT2D eigenvalue weighted by molar-refractivity contribution is -0.384. The van der Waals surface area contributed by atoms with Crippen LogP contribution in [0, 0.1) is 24.0 Å². The lowest BCUT2D eigenvalue weighted by Gasteiger charge is -2.21. The maximum Gasteiger partial charge on any atom is 0.270 e. The number of rotatable bonds is 7. The topological polar surface area (TPSA) is 98.5 Å². The summed E-state index contributed by atoms with van der Waals surface area (Å²) in [4.78, 5) is 35.0. The zero-order valence-corrected chi connectivity index (χ0v) is 16.5. The molecule has 1 atom stereocenters. The first kappa shape index (κ1) is 20.7. The SMILES string of the molecule is Cc1ccc(C)c(NC(=O)[C@H](Oc2ccc([N+](=O)[O-])cc2C=O)c2ccccc2)c1. The molecular weight excluding hydrogens is 384 g/mol. The number of nitrogens with zero attached hydrogens (tertiary/aromatic N) is 1. The van der Waals surface area contributed by atoms with Crippen molar-refractivity contribution in [1.82, 2.24) is 0 Å². The molecule has 0 unspecified atom stereocenters. The number of anilines is 1. The summed E-state index contributed by atoms with van der Waals surface area (Å²) in [5.74, 6) is -0.342. The van der Waals surface area contributed by atoms with Crippen molar-refractivity contribution in [3.8, 4) is 5.75 Å². The Bertz CT molecular complexity index is 1100. The van der Waals surface area contributed by atoms with Gasteiger partial charge >= 0.3 is 0 Å². The molecule has 0 fully saturated rings. The monoisotopic (exact) mass is 404 g/mol. The number of aryl methyl sites for hydroxylation is 2. The molecule has 0 aliphatic carbocycles. The molecule has 0 heterocycles. The van der Waals surface area contributed by atoms with E-state index < -0.39 is 16.9 Å². The van der Waals surface area contributed by atoms with Crippen LogP contribution in [0.4, 0.5) is 11.4 Å². The van der Waals surface area contributed by atoms with Gasteiger partial charge in [-0.3, -0.25) is 19.7 Å². The summed E-state index contributed by atoms with van der Waals surface area (Å²) in [7, 11) is 0. The molecule has 0 saturated carbocycles. The van der Waals surface area contributed by atoms with E-state index in [4.69, 9.17) is 4.74 Å². The summed E-state index contributed by atoms with van der Waals surface area (Å²) in [6.45, 7) is 3.81. The van der Waals surface area contributed by atoms with Crippen molar-refractivity contribution in [2.24, 2.45) is 0 Å². The van der Waals surface area contributed by atoms with E-state index in [-0.39, 0.29) is 17.0 Å². The van der Waals surface area contributed by atoms with Crippen molar-refractivity contribution in [2.75, 3.05) is 5.32 Å². The van der Waals surface area contributed by atoms with E-state index in [1.165, 1.54) is 12.1 Å². The minimum Gasteiger partial charge on any atom is -0.475 e. The first-order valence-electron chi connectivity index (χ1n) is 9.22. The van der Waals surface area contributed by atoms with Gasteiger partial charge < -0.3 is 10.1 Å². The molecule has 1 amide bonds. The predicted octanol–water partition coefficient (Wildman–Crippen LogP) is 4.78. The number of nitro benzene ring substituents is 1. The van der Waals surface area contributed by atoms with Crippen LogP contribution in [0.2, 0.25) is 0 Å². The molecule has 3 aromatic carbocycles. The number of hydrogen-bond donors (Lipinski definition) is 1. The Hall–Kier alpha value is -4.00. The highest BCUT2D eigenvalue weighted by Gasteiger charge is 2.25. The van der Waals surface area contributed by atoms with Gasteiger partial charge in [0.25, 0.3) is 11.6 Å². The highest BCUT2D eigenvalue weighted by Crippen LogP contribution is 2.29. The van der Waals surface area contributed by atoms with E-state index in [1.807, 2.05) is 38.1 Å². The smallest absolute Gasteiger partial charge is 0.270 e. The van der Waals surface area contributed by atoms with Gasteiger partial charge in [-0.25, -0.2) is 0 Å². The zero-order chi connectivity index (χ0) is 21.7. The zero-order valence-electron chi connectivity index (χ0n) is 16.5. The second kappa shape index (κ2) is 9.00. The van der Waals surface area contributed by atoms with Gasteiger partial charge in [0.1, 0.15) is 5.75 Å². The predicted molar refractivity (Wildman–Crippen MR) is 113 cm³/mol. The van der Waals surface area contributed by atoms with Crippen LogP contribution in [0.15, 0.2) is 66.7 Å². The van der Waals surface area contributed by atoms with E-state index in [1.54, 1.807) is 24.3 Å². The summed E-state index contributed by atoms with van der Waals surface area (Å²) in [6, 6.07) is 18.2. The van der Waals surface area contributed by atoms with Gasteiger partial charge in [0.2, 0.25) is 6.10 Å². The molecule has 3 rings (SSSR count). The number of amides is 1. The van der Waals surface area contributed by atoms with Crippen LogP contribution in [-0.4, -0.2) is 17.1 Å². The third-order valence-electron chi connectivity index (χ3n) is 4.57. The number of carbonyl (C=O) groups excluding carboxylic acids is 2. The lowest BCUT2D eigenvalue weighted by atomic mass is 10.1. The molecule has 1 N–H and O–H groups in total. The van der Waals surface area contributed by atoms with Crippen LogP contribution < -0.4 is 10.1 Å². The number of hydrogen-bond acceptors (Lipinski definition) is 5. The first-order chi connectivity index (χ1) is 14.4. The second-order valence-corrected chi connectivity index (χ2v) is 6.81. The largest absolute Gasteiger partial charge is 0.475 e. The molecule has 0 saturated heterocycles. The van der Waals surface area contributed by atoms with Crippen LogP contribution in [0.5, 0.6) is 5.75 Å². The van der Waals surface area contributed by atoms with Gasteiger partial charge in [-0.1, -0.05) is 42.5 Å². The molecule has 0 aromatic heterocycles. The van der Waals surface area contributed by atoms with Crippen molar-refractivity contribution >= 4 is 23.6 Å². The van der Waals surface area contributed by atoms with E-state index in [9.17, 15) is 19.7 Å². The number of non-ortho nitro benzene ring substituents is 1. The Morgan fingerprint density at radius 2 is 1.80 bits per heavy atom. The molecule has 0 aliphatic heterocycles. The molecule has 0 bridgehead atoms. The van der Waals surface area contributed by atoms with Crippen LogP contribution in [-0.2, 0) is 4.79 Å². The number of nitro groups is 1. The Morgan fingerprint density at radius 1 is 1.07 bits per heavy atom. The average molecular weight is 404 g/mol. The molecule has 7 heteroatoms. The molecule has 0 aliphatic rings. The normalized spacial score (nSPS) is 11.4. The first-order valence-corrected chi connectivity index (χ1v) is 9.22. The molecule has 0 radical (unpaired) electrons. The van der Waals surface area contributed by atoms with Crippen molar-refractivity contribution in [1.29, 1.82) is 0 Å². The Balaban J connectivity index is 1.96. The number of ether oxygens (including phenoxy) is 1. The third-order valence-corrected chi connectivity index (χ3v) is 4.57. The van der Waals surface area contributed by atoms with Gasteiger partial charge in [0.15, 0.2) is 6.29 Å². The summed E-state index contributed by atoms with van der Waals surface area (Å²) in [5.41, 5.74) is 2.88. The Morgan fingerprint density at radius 3 is 2.47 bits per heavy atom. The second-order valence-electron chi connectivity index (χ2n) is 6.81. The van der Waals surface area contributed by atoms with Crippen LogP contribution in [0.1, 0.15) is 33.2 Å². The van der Waals surface area contributed by atoms with E-state index in [0.29, 0.717) is 17.5 Å². The standard InChI is InChI=1S/C23H20N2O5/c1-15-8-9-16(2)20(12-15)24-23(27)22(17-6-4-3-5-7-17)30-21-11-10-19(25(28)29)13-18(21)14-26/h3-14,22H,1-2H3,(H,24,27)/t22-/m1/s1. The lowest BCUT2D eigenvalue weighted by Crippen LogP contribution is -2.26. The van der Waals surface area contributed by atoms with E-state index >= 15 is 0 Å². The van der Waals surface area contributed by atoms with Gasteiger partial charge in [-0.2, -0.15) is 0 Å². The van der Waals surface area contributed by atoms with Crippen LogP contribution >= 0.6 is 0 Å². The fraction of sp³-hybridized carbons (Fsp3) is 0.130. The number of aldehydes is 1. The minimum absolute atomic E-state index is 0.00957. The number of benzene rings is 3. The van der Waals surface area contributed by atoms with Crippen molar-refractivity contribution in [3.05, 3.63) is 99.1 Å². The average Bonchev–Trinajstić information content (AvgIpc) is 2.75. The molecule has 0 spiro atoms. The molecule has 30 heavy (non-hydrogen) atoms. The van der Waals surface area contributed by atoms with Gasteiger partial charge in [0.05, 0.1) is 10.5 Å². The number of nitrogens with one attached hydrogen (secondary N) is 1. The molecular formula is C23H20N2O5. The van der Waals surface area contributed by atoms with E-state index in [2.05, 4.69) is 5.32 Å². The maximum atomic E-state index is 13.1. The van der Waals surface area contributed by atoms with Gasteiger partial charge in [-0.15, -0.1) is 0 Å². The van der Waals surface area contributed by atoms with Crippen molar-refractivity contribution in [3.63, 3.8) is 0 Å². The molecule has 3 aromatic rings. The van der Waals surface area contributed by atoms with E-state index in [0.717, 1.165) is 17.2 Å². The summed E-state index contributed by atoms with van der Waals surface area (Å²) >= 11 is 0. The summed E-state index contributed by atoms with van der Waals surface area (Å²) < 4.78 is 5.90. The molecule has 152 valence electrons. The van der Waals surface area contributed by atoms with Gasteiger partial charge in [0, 0.05) is 23.4 Å². The Kier molecular flexibility index (Phi) is 6.22. The van der Waals surface area contributed by atoms with Crippen LogP contribution in [0.3, 0.4) is 0 Å². The third kappa shape index (κ3) is 4.70. The highest BCUT2D eigenvalue weighted by atomic mass is 16.6. The fourth-order valence-corrected chi connectivity index (χ4v) is 2.95. The van der Waals surface area contributed by atoms with Gasteiger partial charge in [-0.05, 0) is 37.1 Å². The highest BCUT2D eigenvalue weighted by molar-refractivity contribution is 5.96. The van der Waals surface area contributed by atoms with Crippen molar-refractivity contribution < 1.29 is 19.2 Å². The Labute approximate surface area is 173 Å². The fourth-order valence-electron chi connectivity index (χ4n) is 2.95. The minimum atomic E-state index is -1.06. The summed E-state index contributed by atoms with van der Waals surface area (Å²) in [5, 5.41) is 13.9.